The fraction of sp³-hybridized carbons (Fsp3) is 0.318. The van der Waals surface area contributed by atoms with Crippen LogP contribution in [-0.2, 0) is 4.79 Å². The highest BCUT2D eigenvalue weighted by Crippen LogP contribution is 2.30. The van der Waals surface area contributed by atoms with E-state index in [1.165, 1.54) is 4.90 Å². The van der Waals surface area contributed by atoms with Gasteiger partial charge in [0.25, 0.3) is 11.8 Å². The first-order valence-corrected chi connectivity index (χ1v) is 9.63. The maximum Gasteiger partial charge on any atom is 0.328 e. The van der Waals surface area contributed by atoms with Gasteiger partial charge in [0.15, 0.2) is 0 Å². The van der Waals surface area contributed by atoms with Crippen molar-refractivity contribution in [3.63, 3.8) is 0 Å². The lowest BCUT2D eigenvalue weighted by Gasteiger charge is -2.35. The van der Waals surface area contributed by atoms with Crippen molar-refractivity contribution in [1.29, 1.82) is 0 Å². The summed E-state index contributed by atoms with van der Waals surface area (Å²) in [7, 11) is 1.57. The number of carbonyl (C=O) groups is 3. The van der Waals surface area contributed by atoms with Crippen LogP contribution in [0.5, 0.6) is 5.75 Å². The van der Waals surface area contributed by atoms with E-state index < -0.39 is 6.04 Å². The van der Waals surface area contributed by atoms with Crippen molar-refractivity contribution in [1.82, 2.24) is 14.7 Å². The quantitative estimate of drug-likeness (QED) is 0.749. The zero-order valence-electron chi connectivity index (χ0n) is 16.4. The molecule has 4 rings (SSSR count). The molecule has 2 atom stereocenters. The Bertz CT molecular complexity index is 929. The number of rotatable bonds is 4. The first-order valence-electron chi connectivity index (χ1n) is 9.63. The lowest BCUT2D eigenvalue weighted by Crippen LogP contribution is -2.54. The number of amides is 4. The number of urea groups is 1. The van der Waals surface area contributed by atoms with Gasteiger partial charge in [-0.2, -0.15) is 0 Å². The Balaban J connectivity index is 1.51. The molecular weight excluding hydrogens is 370 g/mol. The van der Waals surface area contributed by atoms with E-state index in [1.807, 2.05) is 37.3 Å². The number of methoxy groups -OCH3 is 1. The predicted molar refractivity (Wildman–Crippen MR) is 106 cm³/mol. The Labute approximate surface area is 169 Å². The average Bonchev–Trinajstić information content (AvgIpc) is 3.03. The molecule has 150 valence electrons. The fourth-order valence-electron chi connectivity index (χ4n) is 3.95. The van der Waals surface area contributed by atoms with Crippen molar-refractivity contribution in [3.8, 4) is 5.75 Å². The van der Waals surface area contributed by atoms with E-state index >= 15 is 0 Å². The van der Waals surface area contributed by atoms with Crippen LogP contribution in [0.15, 0.2) is 54.6 Å². The van der Waals surface area contributed by atoms with Gasteiger partial charge >= 0.3 is 6.03 Å². The monoisotopic (exact) mass is 393 g/mol. The third-order valence-electron chi connectivity index (χ3n) is 5.65. The van der Waals surface area contributed by atoms with Crippen LogP contribution in [0.4, 0.5) is 4.79 Å². The average molecular weight is 393 g/mol. The van der Waals surface area contributed by atoms with E-state index in [0.717, 1.165) is 5.56 Å². The first-order chi connectivity index (χ1) is 14.0. The Hall–Kier alpha value is -3.35. The van der Waals surface area contributed by atoms with Crippen LogP contribution < -0.4 is 4.74 Å². The molecule has 0 bridgehead atoms. The normalized spacial score (nSPS) is 19.9. The van der Waals surface area contributed by atoms with Crippen molar-refractivity contribution < 1.29 is 19.1 Å². The van der Waals surface area contributed by atoms with E-state index in [9.17, 15) is 14.4 Å². The maximum absolute atomic E-state index is 13.1. The summed E-state index contributed by atoms with van der Waals surface area (Å²) < 4.78 is 5.13. The van der Waals surface area contributed by atoms with Gasteiger partial charge in [0.1, 0.15) is 11.8 Å². The molecule has 0 saturated carbocycles. The molecule has 0 unspecified atom stereocenters. The van der Waals surface area contributed by atoms with Gasteiger partial charge in [0.05, 0.1) is 19.7 Å². The Kier molecular flexibility index (Phi) is 4.96. The molecule has 2 fully saturated rings. The highest BCUT2D eigenvalue weighted by molar-refractivity contribution is 6.05. The summed E-state index contributed by atoms with van der Waals surface area (Å²) in [6, 6.07) is 15.1. The van der Waals surface area contributed by atoms with Crippen LogP contribution in [0.3, 0.4) is 0 Å². The third kappa shape index (κ3) is 3.33. The predicted octanol–water partition coefficient (Wildman–Crippen LogP) is 2.55. The summed E-state index contributed by atoms with van der Waals surface area (Å²) in [4.78, 5) is 43.4. The van der Waals surface area contributed by atoms with E-state index in [-0.39, 0.29) is 30.4 Å². The van der Waals surface area contributed by atoms with Crippen molar-refractivity contribution >= 4 is 17.8 Å². The summed E-state index contributed by atoms with van der Waals surface area (Å²) in [6.07, 6.45) is 0. The minimum absolute atomic E-state index is 0.151. The van der Waals surface area contributed by atoms with Gasteiger partial charge in [-0.25, -0.2) is 4.79 Å². The number of fused-ring (bicyclic) bond motifs is 1. The number of piperazine rings is 1. The van der Waals surface area contributed by atoms with Gasteiger partial charge in [-0.3, -0.25) is 14.5 Å². The maximum atomic E-state index is 13.1. The minimum Gasteiger partial charge on any atom is -0.497 e. The van der Waals surface area contributed by atoms with Gasteiger partial charge in [-0.1, -0.05) is 30.3 Å². The molecular formula is C22H23N3O4. The molecule has 2 heterocycles. The molecule has 2 aliphatic rings. The molecule has 0 aliphatic carbocycles. The molecule has 29 heavy (non-hydrogen) atoms. The molecule has 2 aromatic rings. The van der Waals surface area contributed by atoms with Gasteiger partial charge in [0.2, 0.25) is 0 Å². The van der Waals surface area contributed by atoms with Crippen LogP contribution in [0.2, 0.25) is 0 Å². The fourth-order valence-corrected chi connectivity index (χ4v) is 3.95. The topological polar surface area (TPSA) is 70.2 Å². The first kappa shape index (κ1) is 19.0. The van der Waals surface area contributed by atoms with Crippen LogP contribution >= 0.6 is 0 Å². The molecule has 0 spiro atoms. The second kappa shape index (κ2) is 7.58. The summed E-state index contributed by atoms with van der Waals surface area (Å²) in [5.74, 6) is 0.272. The van der Waals surface area contributed by atoms with Crippen molar-refractivity contribution in [2.75, 3.05) is 26.7 Å². The Morgan fingerprint density at radius 3 is 2.38 bits per heavy atom. The molecule has 7 heteroatoms. The van der Waals surface area contributed by atoms with Crippen molar-refractivity contribution in [2.45, 2.75) is 19.0 Å². The van der Waals surface area contributed by atoms with E-state index in [0.29, 0.717) is 24.4 Å². The van der Waals surface area contributed by atoms with Gasteiger partial charge in [-0.05, 0) is 36.8 Å². The molecule has 7 nitrogen and oxygen atoms in total. The summed E-state index contributed by atoms with van der Waals surface area (Å²) in [5, 5.41) is 0. The minimum atomic E-state index is -0.635. The Morgan fingerprint density at radius 2 is 1.72 bits per heavy atom. The molecule has 4 amide bonds. The molecule has 0 aromatic heterocycles. The molecule has 2 aromatic carbocycles. The largest absolute Gasteiger partial charge is 0.497 e. The van der Waals surface area contributed by atoms with Crippen molar-refractivity contribution in [3.05, 3.63) is 65.7 Å². The highest BCUT2D eigenvalue weighted by atomic mass is 16.5. The number of hydrogen-bond acceptors (Lipinski definition) is 4. The van der Waals surface area contributed by atoms with Crippen LogP contribution in [-0.4, -0.2) is 65.3 Å². The molecule has 0 radical (unpaired) electrons. The zero-order chi connectivity index (χ0) is 20.5. The van der Waals surface area contributed by atoms with E-state index in [2.05, 4.69) is 0 Å². The SMILES string of the molecule is COc1ccc(C(=O)N2CCN3C(=O)N([C@H](C)c4ccccc4)C(=O)[C@H]3C2)cc1. The van der Waals surface area contributed by atoms with Crippen LogP contribution in [0.1, 0.15) is 28.9 Å². The smallest absolute Gasteiger partial charge is 0.328 e. The van der Waals surface area contributed by atoms with Gasteiger partial charge in [0, 0.05) is 18.7 Å². The molecule has 2 saturated heterocycles. The standard InChI is InChI=1S/C22H23N3O4/c1-15(16-6-4-3-5-7-16)25-21(27)19-14-23(12-13-24(19)22(25)28)20(26)17-8-10-18(29-2)11-9-17/h3-11,15,19H,12-14H2,1-2H3/t15-,19-/m1/s1. The number of carbonyl (C=O) groups excluding carboxylic acids is 3. The zero-order valence-corrected chi connectivity index (χ0v) is 16.4. The van der Waals surface area contributed by atoms with Crippen molar-refractivity contribution in [2.24, 2.45) is 0 Å². The second-order valence-electron chi connectivity index (χ2n) is 7.27. The summed E-state index contributed by atoms with van der Waals surface area (Å²) >= 11 is 0. The lowest BCUT2D eigenvalue weighted by atomic mass is 10.1. The van der Waals surface area contributed by atoms with Crippen LogP contribution in [0, 0.1) is 0 Å². The van der Waals surface area contributed by atoms with Gasteiger partial charge in [-0.15, -0.1) is 0 Å². The second-order valence-corrected chi connectivity index (χ2v) is 7.27. The van der Waals surface area contributed by atoms with E-state index in [1.54, 1.807) is 41.2 Å². The van der Waals surface area contributed by atoms with E-state index in [4.69, 9.17) is 4.74 Å². The Morgan fingerprint density at radius 1 is 1.03 bits per heavy atom. The van der Waals surface area contributed by atoms with Crippen LogP contribution in [0.25, 0.3) is 0 Å². The summed E-state index contributed by atoms with van der Waals surface area (Å²) in [6.45, 7) is 2.79. The van der Waals surface area contributed by atoms with Gasteiger partial charge < -0.3 is 14.5 Å². The number of ether oxygens (including phenoxy) is 1. The highest BCUT2D eigenvalue weighted by Gasteiger charge is 2.50. The third-order valence-corrected chi connectivity index (χ3v) is 5.65. The number of nitrogens with zero attached hydrogens (tertiary/aromatic N) is 3. The summed E-state index contributed by atoms with van der Waals surface area (Å²) in [5.41, 5.74) is 1.44. The number of benzene rings is 2. The number of imide groups is 1. The molecule has 2 aliphatic heterocycles. The number of hydrogen-bond donors (Lipinski definition) is 0. The molecule has 0 N–H and O–H groups in total. The lowest BCUT2D eigenvalue weighted by molar-refractivity contribution is -0.130.